The summed E-state index contributed by atoms with van der Waals surface area (Å²) in [6, 6.07) is 12.2. The summed E-state index contributed by atoms with van der Waals surface area (Å²) in [6.45, 7) is 6.62. The summed E-state index contributed by atoms with van der Waals surface area (Å²) >= 11 is 0. The van der Waals surface area contributed by atoms with Gasteiger partial charge in [-0.1, -0.05) is 23.3 Å². The van der Waals surface area contributed by atoms with Gasteiger partial charge in [0.2, 0.25) is 5.95 Å². The van der Waals surface area contributed by atoms with Crippen molar-refractivity contribution in [2.45, 2.75) is 26.8 Å². The highest BCUT2D eigenvalue weighted by Crippen LogP contribution is 2.39. The molecule has 10 nitrogen and oxygen atoms in total. The molecule has 10 heteroatoms. The van der Waals surface area contributed by atoms with E-state index in [0.717, 1.165) is 5.56 Å². The smallest absolute Gasteiger partial charge is 0.255 e. The Morgan fingerprint density at radius 1 is 1.09 bits per heavy atom. The van der Waals surface area contributed by atoms with Crippen LogP contribution in [0.25, 0.3) is 0 Å². The zero-order valence-electron chi connectivity index (χ0n) is 19.0. The number of nitrogens with zero attached hydrogens (tertiary/aromatic N) is 4. The number of hydrogen-bond acceptors (Lipinski definition) is 8. The molecule has 33 heavy (non-hydrogen) atoms. The second kappa shape index (κ2) is 9.60. The zero-order valence-corrected chi connectivity index (χ0v) is 19.0. The first kappa shape index (κ1) is 22.1. The number of methoxy groups -OCH3 is 1. The van der Waals surface area contributed by atoms with Gasteiger partial charge in [0.15, 0.2) is 11.5 Å². The summed E-state index contributed by atoms with van der Waals surface area (Å²) in [5, 5.41) is 18.0. The van der Waals surface area contributed by atoms with Gasteiger partial charge in [0.05, 0.1) is 31.6 Å². The fourth-order valence-electron chi connectivity index (χ4n) is 3.79. The first-order valence-electron chi connectivity index (χ1n) is 10.7. The van der Waals surface area contributed by atoms with E-state index in [1.165, 1.54) is 0 Å². The van der Waals surface area contributed by atoms with Crippen LogP contribution < -0.4 is 24.8 Å². The lowest BCUT2D eigenvalue weighted by Gasteiger charge is -2.28. The van der Waals surface area contributed by atoms with E-state index >= 15 is 0 Å². The fourth-order valence-corrected chi connectivity index (χ4v) is 3.79. The van der Waals surface area contributed by atoms with Gasteiger partial charge in [0, 0.05) is 5.70 Å². The van der Waals surface area contributed by atoms with Crippen LogP contribution in [-0.4, -0.2) is 46.4 Å². The van der Waals surface area contributed by atoms with E-state index in [9.17, 15) is 4.79 Å². The molecule has 2 heterocycles. The molecule has 4 rings (SSSR count). The van der Waals surface area contributed by atoms with Gasteiger partial charge in [0.1, 0.15) is 11.8 Å². The van der Waals surface area contributed by atoms with Gasteiger partial charge >= 0.3 is 0 Å². The first-order chi connectivity index (χ1) is 16.1. The van der Waals surface area contributed by atoms with E-state index in [1.54, 1.807) is 23.9 Å². The molecule has 0 bridgehead atoms. The van der Waals surface area contributed by atoms with Gasteiger partial charge in [-0.15, -0.1) is 0 Å². The number of aromatic nitrogens is 4. The average Bonchev–Trinajstić information content (AvgIpc) is 3.28. The van der Waals surface area contributed by atoms with E-state index in [2.05, 4.69) is 26.2 Å². The molecule has 1 atom stereocenters. The van der Waals surface area contributed by atoms with E-state index < -0.39 is 6.04 Å². The Kier molecular flexibility index (Phi) is 6.43. The molecule has 172 valence electrons. The molecule has 0 radical (unpaired) electrons. The predicted octanol–water partition coefficient (Wildman–Crippen LogP) is 3.41. The SMILES string of the molecule is CCOc1ccc(C2C(C(=O)Nc3ccccc3OC)=C(C)Nc3nnnn32)cc1OCC. The Morgan fingerprint density at radius 3 is 2.61 bits per heavy atom. The van der Waals surface area contributed by atoms with Crippen LogP contribution in [0.5, 0.6) is 17.2 Å². The van der Waals surface area contributed by atoms with Crippen molar-refractivity contribution in [2.75, 3.05) is 31.0 Å². The number of carbonyl (C=O) groups is 1. The van der Waals surface area contributed by atoms with Crippen molar-refractivity contribution >= 4 is 17.5 Å². The first-order valence-corrected chi connectivity index (χ1v) is 10.7. The Morgan fingerprint density at radius 2 is 1.85 bits per heavy atom. The standard InChI is InChI=1S/C23H26N6O4/c1-5-32-18-12-11-15(13-19(18)33-6-2)21-20(14(3)24-23-26-27-28-29(21)23)22(30)25-16-9-7-8-10-17(16)31-4/h7-13,21H,5-6H2,1-4H3,(H,25,30)(H,24,26,28). The Balaban J connectivity index is 1.78. The molecular formula is C23H26N6O4. The van der Waals surface area contributed by atoms with Gasteiger partial charge in [-0.05, 0) is 61.0 Å². The molecule has 0 aliphatic carbocycles. The van der Waals surface area contributed by atoms with Crippen LogP contribution in [0.3, 0.4) is 0 Å². The van der Waals surface area contributed by atoms with Gasteiger partial charge in [-0.25, -0.2) is 0 Å². The number of benzene rings is 2. The van der Waals surface area contributed by atoms with Crippen LogP contribution in [0.4, 0.5) is 11.6 Å². The number of amides is 1. The molecule has 2 aromatic carbocycles. The van der Waals surface area contributed by atoms with Crippen molar-refractivity contribution < 1.29 is 19.0 Å². The maximum Gasteiger partial charge on any atom is 0.255 e. The quantitative estimate of drug-likeness (QED) is 0.537. The number of hydrogen-bond donors (Lipinski definition) is 2. The lowest BCUT2D eigenvalue weighted by atomic mass is 9.94. The van der Waals surface area contributed by atoms with E-state index in [-0.39, 0.29) is 5.91 Å². The van der Waals surface area contributed by atoms with Crippen LogP contribution in [0, 0.1) is 0 Å². The highest BCUT2D eigenvalue weighted by Gasteiger charge is 2.34. The van der Waals surface area contributed by atoms with Crippen LogP contribution in [0.15, 0.2) is 53.7 Å². The summed E-state index contributed by atoms with van der Waals surface area (Å²) in [6.07, 6.45) is 0. The topological polar surface area (TPSA) is 112 Å². The third-order valence-electron chi connectivity index (χ3n) is 5.20. The number of allylic oxidation sites excluding steroid dienone is 1. The average molecular weight is 450 g/mol. The second-order valence-corrected chi connectivity index (χ2v) is 7.24. The summed E-state index contributed by atoms with van der Waals surface area (Å²) in [5.41, 5.74) is 2.45. The normalized spacial score (nSPS) is 14.8. The summed E-state index contributed by atoms with van der Waals surface area (Å²) < 4.78 is 18.5. The number of nitrogens with one attached hydrogen (secondary N) is 2. The van der Waals surface area contributed by atoms with E-state index in [1.807, 2.05) is 51.1 Å². The number of rotatable bonds is 8. The van der Waals surface area contributed by atoms with Crippen LogP contribution >= 0.6 is 0 Å². The molecule has 1 unspecified atom stereocenters. The van der Waals surface area contributed by atoms with Crippen LogP contribution in [-0.2, 0) is 4.79 Å². The molecule has 0 fully saturated rings. The number of tetrazole rings is 1. The molecule has 1 aliphatic rings. The highest BCUT2D eigenvalue weighted by atomic mass is 16.5. The maximum absolute atomic E-state index is 13.5. The molecule has 3 aromatic rings. The predicted molar refractivity (Wildman–Crippen MR) is 123 cm³/mol. The molecule has 2 N–H and O–H groups in total. The Bertz CT molecular complexity index is 1190. The van der Waals surface area contributed by atoms with Crippen molar-refractivity contribution in [3.63, 3.8) is 0 Å². The lowest BCUT2D eigenvalue weighted by Crippen LogP contribution is -2.31. The summed E-state index contributed by atoms with van der Waals surface area (Å²) in [4.78, 5) is 13.5. The number of ether oxygens (including phenoxy) is 3. The lowest BCUT2D eigenvalue weighted by molar-refractivity contribution is -0.113. The highest BCUT2D eigenvalue weighted by molar-refractivity contribution is 6.06. The molecule has 0 spiro atoms. The molecule has 1 amide bonds. The van der Waals surface area contributed by atoms with Crippen molar-refractivity contribution in [3.05, 3.63) is 59.3 Å². The molecule has 0 saturated heterocycles. The minimum atomic E-state index is -0.583. The molecular weight excluding hydrogens is 424 g/mol. The Hall–Kier alpha value is -4.08. The van der Waals surface area contributed by atoms with Gasteiger partial charge in [-0.3, -0.25) is 4.79 Å². The van der Waals surface area contributed by atoms with E-state index in [0.29, 0.717) is 53.4 Å². The second-order valence-electron chi connectivity index (χ2n) is 7.24. The summed E-state index contributed by atoms with van der Waals surface area (Å²) in [7, 11) is 1.56. The van der Waals surface area contributed by atoms with Crippen molar-refractivity contribution in [1.82, 2.24) is 20.2 Å². The van der Waals surface area contributed by atoms with Crippen molar-refractivity contribution in [3.8, 4) is 17.2 Å². The Labute approximate surface area is 191 Å². The van der Waals surface area contributed by atoms with Gasteiger partial charge in [0.25, 0.3) is 5.91 Å². The van der Waals surface area contributed by atoms with Crippen molar-refractivity contribution in [2.24, 2.45) is 0 Å². The van der Waals surface area contributed by atoms with Crippen molar-refractivity contribution in [1.29, 1.82) is 0 Å². The maximum atomic E-state index is 13.5. The largest absolute Gasteiger partial charge is 0.495 e. The van der Waals surface area contributed by atoms with Crippen LogP contribution in [0.1, 0.15) is 32.4 Å². The zero-order chi connectivity index (χ0) is 23.4. The van der Waals surface area contributed by atoms with Gasteiger partial charge < -0.3 is 24.8 Å². The van der Waals surface area contributed by atoms with E-state index in [4.69, 9.17) is 14.2 Å². The molecule has 1 aromatic heterocycles. The summed E-state index contributed by atoms with van der Waals surface area (Å²) in [5.74, 6) is 1.93. The van der Waals surface area contributed by atoms with Gasteiger partial charge in [-0.2, -0.15) is 4.68 Å². The third kappa shape index (κ3) is 4.32. The minimum absolute atomic E-state index is 0.303. The number of anilines is 2. The number of fused-ring (bicyclic) bond motifs is 1. The van der Waals surface area contributed by atoms with Crippen LogP contribution in [0.2, 0.25) is 0 Å². The third-order valence-corrected chi connectivity index (χ3v) is 5.20. The molecule has 0 saturated carbocycles. The number of carbonyl (C=O) groups excluding carboxylic acids is 1. The fraction of sp³-hybridized carbons (Fsp3) is 0.304. The minimum Gasteiger partial charge on any atom is -0.495 e. The molecule has 1 aliphatic heterocycles. The number of para-hydroxylation sites is 2. The monoisotopic (exact) mass is 450 g/mol.